The Hall–Kier alpha value is -3.66. The molecule has 7 heteroatoms. The van der Waals surface area contributed by atoms with Crippen molar-refractivity contribution in [3.8, 4) is 6.07 Å². The van der Waals surface area contributed by atoms with E-state index in [0.29, 0.717) is 11.3 Å². The third kappa shape index (κ3) is 4.66. The fraction of sp³-hybridized carbons (Fsp3) is 0.304. The molecule has 1 aliphatic rings. The maximum Gasteiger partial charge on any atom is 0.312 e. The Bertz CT molecular complexity index is 983. The van der Waals surface area contributed by atoms with Gasteiger partial charge in [0.2, 0.25) is 5.91 Å². The monoisotopic (exact) mass is 405 g/mol. The molecular weight excluding hydrogens is 382 g/mol. The number of hydrogen-bond donors (Lipinski definition) is 1. The molecule has 1 fully saturated rings. The number of para-hydroxylation sites is 1. The number of anilines is 1. The Morgan fingerprint density at radius 1 is 1.13 bits per heavy atom. The highest BCUT2D eigenvalue weighted by atomic mass is 16.5. The van der Waals surface area contributed by atoms with Crippen LogP contribution in [0.5, 0.6) is 0 Å². The predicted octanol–water partition coefficient (Wildman–Crippen LogP) is 3.04. The van der Waals surface area contributed by atoms with Crippen LogP contribution in [-0.4, -0.2) is 35.3 Å². The van der Waals surface area contributed by atoms with Gasteiger partial charge in [-0.15, -0.1) is 0 Å². The zero-order valence-corrected chi connectivity index (χ0v) is 16.9. The smallest absolute Gasteiger partial charge is 0.312 e. The summed E-state index contributed by atoms with van der Waals surface area (Å²) in [7, 11) is 0. The lowest BCUT2D eigenvalue weighted by molar-refractivity contribution is -0.157. The summed E-state index contributed by atoms with van der Waals surface area (Å²) in [6.45, 7) is 3.63. The van der Waals surface area contributed by atoms with Gasteiger partial charge in [0.1, 0.15) is 6.07 Å². The first-order chi connectivity index (χ1) is 14.4. The Morgan fingerprint density at radius 2 is 1.80 bits per heavy atom. The van der Waals surface area contributed by atoms with Crippen LogP contribution in [-0.2, 0) is 19.1 Å². The standard InChI is InChI=1S/C23H23N3O4/c1-15(17-8-4-3-5-9-17)26-14-19(12-21(26)27)23(29)30-16(2)22(28)25-20-11-7-6-10-18(20)13-24/h3-11,15-16,19H,12,14H2,1-2H3,(H,25,28)/t15-,16+,19-/m1/s1. The van der Waals surface area contributed by atoms with Crippen molar-refractivity contribution < 1.29 is 19.1 Å². The quantitative estimate of drug-likeness (QED) is 0.745. The van der Waals surface area contributed by atoms with Gasteiger partial charge < -0.3 is 15.0 Å². The summed E-state index contributed by atoms with van der Waals surface area (Å²) in [5, 5.41) is 11.7. The van der Waals surface area contributed by atoms with Crippen LogP contribution in [0.3, 0.4) is 0 Å². The topological polar surface area (TPSA) is 99.5 Å². The van der Waals surface area contributed by atoms with E-state index in [-0.39, 0.29) is 24.9 Å². The molecule has 7 nitrogen and oxygen atoms in total. The van der Waals surface area contributed by atoms with Crippen LogP contribution in [0, 0.1) is 17.2 Å². The zero-order valence-electron chi connectivity index (χ0n) is 16.9. The van der Waals surface area contributed by atoms with Gasteiger partial charge in [0, 0.05) is 13.0 Å². The first-order valence-corrected chi connectivity index (χ1v) is 9.75. The molecule has 3 atom stereocenters. The molecule has 2 aromatic rings. The number of amides is 2. The van der Waals surface area contributed by atoms with Gasteiger partial charge in [0.05, 0.1) is 23.2 Å². The van der Waals surface area contributed by atoms with Crippen molar-refractivity contribution in [2.24, 2.45) is 5.92 Å². The summed E-state index contributed by atoms with van der Waals surface area (Å²) >= 11 is 0. The molecule has 1 saturated heterocycles. The van der Waals surface area contributed by atoms with Crippen molar-refractivity contribution in [3.05, 3.63) is 65.7 Å². The van der Waals surface area contributed by atoms with Crippen LogP contribution < -0.4 is 5.32 Å². The second-order valence-electron chi connectivity index (χ2n) is 7.26. The van der Waals surface area contributed by atoms with Crippen LogP contribution in [0.2, 0.25) is 0 Å². The molecule has 0 radical (unpaired) electrons. The number of likely N-dealkylation sites (tertiary alicyclic amines) is 1. The lowest BCUT2D eigenvalue weighted by atomic mass is 10.1. The first kappa shape index (κ1) is 21.1. The van der Waals surface area contributed by atoms with Crippen molar-refractivity contribution >= 4 is 23.5 Å². The van der Waals surface area contributed by atoms with Crippen molar-refractivity contribution in [2.45, 2.75) is 32.4 Å². The molecule has 0 saturated carbocycles. The van der Waals surface area contributed by atoms with Gasteiger partial charge in [-0.25, -0.2) is 0 Å². The van der Waals surface area contributed by atoms with Crippen molar-refractivity contribution in [1.82, 2.24) is 4.90 Å². The number of nitrogens with one attached hydrogen (secondary N) is 1. The predicted molar refractivity (Wildman–Crippen MR) is 110 cm³/mol. The van der Waals surface area contributed by atoms with Crippen LogP contribution in [0.25, 0.3) is 0 Å². The number of nitrogens with zero attached hydrogens (tertiary/aromatic N) is 2. The second kappa shape index (κ2) is 9.23. The van der Waals surface area contributed by atoms with Crippen molar-refractivity contribution in [2.75, 3.05) is 11.9 Å². The molecule has 1 aliphatic heterocycles. The third-order valence-electron chi connectivity index (χ3n) is 5.21. The molecule has 0 aromatic heterocycles. The van der Waals surface area contributed by atoms with Crippen LogP contribution in [0.1, 0.15) is 37.4 Å². The maximum atomic E-state index is 12.6. The normalized spacial score (nSPS) is 17.7. The number of carbonyl (C=O) groups is 3. The fourth-order valence-electron chi connectivity index (χ4n) is 3.42. The minimum atomic E-state index is -1.06. The molecule has 1 heterocycles. The Kier molecular flexibility index (Phi) is 6.48. The molecular formula is C23H23N3O4. The number of nitriles is 1. The summed E-state index contributed by atoms with van der Waals surface area (Å²) in [4.78, 5) is 39.0. The highest BCUT2D eigenvalue weighted by Gasteiger charge is 2.38. The van der Waals surface area contributed by atoms with Gasteiger partial charge in [-0.05, 0) is 31.5 Å². The number of rotatable bonds is 6. The lowest BCUT2D eigenvalue weighted by Crippen LogP contribution is -2.34. The van der Waals surface area contributed by atoms with Crippen molar-refractivity contribution in [3.63, 3.8) is 0 Å². The number of benzene rings is 2. The van der Waals surface area contributed by atoms with Crippen molar-refractivity contribution in [1.29, 1.82) is 5.26 Å². The highest BCUT2D eigenvalue weighted by molar-refractivity contribution is 5.96. The summed E-state index contributed by atoms with van der Waals surface area (Å²) < 4.78 is 5.31. The maximum absolute atomic E-state index is 12.6. The third-order valence-corrected chi connectivity index (χ3v) is 5.21. The van der Waals surface area contributed by atoms with E-state index >= 15 is 0 Å². The molecule has 2 aromatic carbocycles. The number of ether oxygens (including phenoxy) is 1. The van der Waals surface area contributed by atoms with E-state index in [1.54, 1.807) is 29.2 Å². The second-order valence-corrected chi connectivity index (χ2v) is 7.26. The summed E-state index contributed by atoms with van der Waals surface area (Å²) in [5.41, 5.74) is 1.66. The average molecular weight is 405 g/mol. The van der Waals surface area contributed by atoms with Gasteiger partial charge in [-0.1, -0.05) is 42.5 Å². The van der Waals surface area contributed by atoms with E-state index in [2.05, 4.69) is 5.32 Å². The Labute approximate surface area is 175 Å². The number of hydrogen-bond acceptors (Lipinski definition) is 5. The van der Waals surface area contributed by atoms with Crippen LogP contribution >= 0.6 is 0 Å². The average Bonchev–Trinajstić information content (AvgIpc) is 3.15. The molecule has 154 valence electrons. The summed E-state index contributed by atoms with van der Waals surface area (Å²) in [5.74, 6) is -1.86. The fourth-order valence-corrected chi connectivity index (χ4v) is 3.42. The van der Waals surface area contributed by atoms with E-state index < -0.39 is 23.9 Å². The van der Waals surface area contributed by atoms with E-state index in [0.717, 1.165) is 5.56 Å². The number of esters is 1. The first-order valence-electron chi connectivity index (χ1n) is 9.75. The summed E-state index contributed by atoms with van der Waals surface area (Å²) in [6, 6.07) is 18.0. The van der Waals surface area contributed by atoms with Gasteiger partial charge in [-0.2, -0.15) is 5.26 Å². The van der Waals surface area contributed by atoms with Gasteiger partial charge in [0.25, 0.3) is 5.91 Å². The molecule has 0 aliphatic carbocycles. The van der Waals surface area contributed by atoms with Crippen LogP contribution in [0.4, 0.5) is 5.69 Å². The van der Waals surface area contributed by atoms with Gasteiger partial charge in [-0.3, -0.25) is 14.4 Å². The molecule has 30 heavy (non-hydrogen) atoms. The molecule has 1 N–H and O–H groups in total. The molecule has 2 amide bonds. The molecule has 0 spiro atoms. The minimum absolute atomic E-state index is 0.0572. The van der Waals surface area contributed by atoms with E-state index in [1.165, 1.54) is 6.92 Å². The highest BCUT2D eigenvalue weighted by Crippen LogP contribution is 2.29. The van der Waals surface area contributed by atoms with E-state index in [9.17, 15) is 14.4 Å². The van der Waals surface area contributed by atoms with Gasteiger partial charge in [0.15, 0.2) is 6.10 Å². The zero-order chi connectivity index (χ0) is 21.7. The Morgan fingerprint density at radius 3 is 2.50 bits per heavy atom. The largest absolute Gasteiger partial charge is 0.452 e. The van der Waals surface area contributed by atoms with Gasteiger partial charge >= 0.3 is 5.97 Å². The minimum Gasteiger partial charge on any atom is -0.452 e. The lowest BCUT2D eigenvalue weighted by Gasteiger charge is -2.25. The molecule has 3 rings (SSSR count). The summed E-state index contributed by atoms with van der Waals surface area (Å²) in [6.07, 6.45) is -0.998. The SMILES string of the molecule is C[C@H](OC(=O)[C@@H]1CC(=O)N([C@H](C)c2ccccc2)C1)C(=O)Nc1ccccc1C#N. The Balaban J connectivity index is 1.58. The van der Waals surface area contributed by atoms with E-state index in [1.807, 2.05) is 43.3 Å². The number of carbonyl (C=O) groups excluding carboxylic acids is 3. The van der Waals surface area contributed by atoms with Crippen LogP contribution in [0.15, 0.2) is 54.6 Å². The molecule has 0 unspecified atom stereocenters. The van der Waals surface area contributed by atoms with E-state index in [4.69, 9.17) is 10.00 Å². The molecule has 0 bridgehead atoms.